The summed E-state index contributed by atoms with van der Waals surface area (Å²) in [6, 6.07) is 6.96. The van der Waals surface area contributed by atoms with Crippen LogP contribution in [0.2, 0.25) is 5.02 Å². The summed E-state index contributed by atoms with van der Waals surface area (Å²) >= 11 is 6.13. The molecule has 0 aromatic heterocycles. The summed E-state index contributed by atoms with van der Waals surface area (Å²) in [7, 11) is 0. The minimum atomic E-state index is 0.490. The number of hydrogen-bond donors (Lipinski definition) is 1. The Morgan fingerprint density at radius 1 is 1.26 bits per heavy atom. The van der Waals surface area contributed by atoms with Crippen LogP contribution in [-0.4, -0.2) is 6.54 Å². The zero-order valence-electron chi connectivity index (χ0n) is 12.2. The normalized spacial score (nSPS) is 18.5. The highest BCUT2D eigenvalue weighted by molar-refractivity contribution is 6.31. The maximum absolute atomic E-state index is 6.13. The third-order valence-electron chi connectivity index (χ3n) is 4.33. The molecule has 0 bridgehead atoms. The molecule has 106 valence electrons. The summed E-state index contributed by atoms with van der Waals surface area (Å²) in [5.74, 6) is 0.897. The number of hydrogen-bond acceptors (Lipinski definition) is 1. The molecule has 1 nitrogen and oxygen atoms in total. The van der Waals surface area contributed by atoms with Crippen LogP contribution in [0.5, 0.6) is 0 Å². The number of benzene rings is 1. The standard InChI is InChI=1S/C17H26ClN/c1-3-19-17(12-14-7-5-4-6-8-14)15-9-10-16(18)13(2)11-15/h9-11,14,17,19H,3-8,12H2,1-2H3. The number of halogens is 1. The zero-order chi connectivity index (χ0) is 13.7. The van der Waals surface area contributed by atoms with Gasteiger partial charge in [0.25, 0.3) is 0 Å². The molecule has 1 unspecified atom stereocenters. The molecule has 0 heterocycles. The van der Waals surface area contributed by atoms with Crippen LogP contribution in [0.15, 0.2) is 18.2 Å². The summed E-state index contributed by atoms with van der Waals surface area (Å²) < 4.78 is 0. The molecule has 1 saturated carbocycles. The lowest BCUT2D eigenvalue weighted by atomic mass is 9.83. The molecule has 1 atom stereocenters. The number of nitrogens with one attached hydrogen (secondary N) is 1. The average molecular weight is 280 g/mol. The Morgan fingerprint density at radius 3 is 2.63 bits per heavy atom. The first kappa shape index (κ1) is 14.9. The predicted octanol–water partition coefficient (Wildman–Crippen LogP) is 5.27. The van der Waals surface area contributed by atoms with E-state index in [2.05, 4.69) is 31.3 Å². The molecule has 1 aliphatic carbocycles. The molecule has 1 aliphatic rings. The van der Waals surface area contributed by atoms with Gasteiger partial charge in [-0.05, 0) is 43.0 Å². The van der Waals surface area contributed by atoms with Crippen molar-refractivity contribution >= 4 is 11.6 Å². The lowest BCUT2D eigenvalue weighted by Crippen LogP contribution is -2.24. The lowest BCUT2D eigenvalue weighted by Gasteiger charge is -2.27. The van der Waals surface area contributed by atoms with Crippen LogP contribution in [0.25, 0.3) is 0 Å². The molecular formula is C17H26ClN. The molecule has 0 spiro atoms. The summed E-state index contributed by atoms with van der Waals surface area (Å²) in [4.78, 5) is 0. The van der Waals surface area contributed by atoms with Gasteiger partial charge >= 0.3 is 0 Å². The van der Waals surface area contributed by atoms with E-state index in [1.54, 1.807) is 0 Å². The fraction of sp³-hybridized carbons (Fsp3) is 0.647. The maximum Gasteiger partial charge on any atom is 0.0435 e. The van der Waals surface area contributed by atoms with Crippen molar-refractivity contribution in [3.05, 3.63) is 34.3 Å². The van der Waals surface area contributed by atoms with Gasteiger partial charge in [0.15, 0.2) is 0 Å². The number of rotatable bonds is 5. The number of aryl methyl sites for hydroxylation is 1. The molecule has 2 rings (SSSR count). The summed E-state index contributed by atoms with van der Waals surface area (Å²) in [6.45, 7) is 5.31. The molecule has 1 aromatic rings. The van der Waals surface area contributed by atoms with Gasteiger partial charge in [0.05, 0.1) is 0 Å². The van der Waals surface area contributed by atoms with E-state index in [4.69, 9.17) is 11.6 Å². The van der Waals surface area contributed by atoms with E-state index in [1.807, 2.05) is 6.07 Å². The highest BCUT2D eigenvalue weighted by Gasteiger charge is 2.19. The van der Waals surface area contributed by atoms with Gasteiger partial charge in [-0.3, -0.25) is 0 Å². The van der Waals surface area contributed by atoms with Crippen molar-refractivity contribution < 1.29 is 0 Å². The van der Waals surface area contributed by atoms with Gasteiger partial charge < -0.3 is 5.32 Å². The van der Waals surface area contributed by atoms with E-state index in [9.17, 15) is 0 Å². The van der Waals surface area contributed by atoms with Crippen molar-refractivity contribution in [2.45, 2.75) is 58.4 Å². The van der Waals surface area contributed by atoms with Crippen LogP contribution in [0.3, 0.4) is 0 Å². The molecule has 1 fully saturated rings. The van der Waals surface area contributed by atoms with Gasteiger partial charge in [0.1, 0.15) is 0 Å². The summed E-state index contributed by atoms with van der Waals surface area (Å²) in [5.41, 5.74) is 2.58. The molecule has 1 aromatic carbocycles. The minimum Gasteiger partial charge on any atom is -0.310 e. The van der Waals surface area contributed by atoms with Crippen LogP contribution < -0.4 is 5.32 Å². The van der Waals surface area contributed by atoms with Crippen molar-refractivity contribution in [3.63, 3.8) is 0 Å². The summed E-state index contributed by atoms with van der Waals surface area (Å²) in [6.07, 6.45) is 8.37. The third kappa shape index (κ3) is 4.22. The van der Waals surface area contributed by atoms with E-state index < -0.39 is 0 Å². The highest BCUT2D eigenvalue weighted by atomic mass is 35.5. The first-order valence-corrected chi connectivity index (χ1v) is 8.08. The summed E-state index contributed by atoms with van der Waals surface area (Å²) in [5, 5.41) is 4.52. The van der Waals surface area contributed by atoms with Crippen LogP contribution in [0, 0.1) is 12.8 Å². The Balaban J connectivity index is 2.07. The van der Waals surface area contributed by atoms with E-state index in [1.165, 1.54) is 49.7 Å². The molecule has 0 amide bonds. The van der Waals surface area contributed by atoms with Crippen LogP contribution in [0.1, 0.15) is 62.6 Å². The molecule has 0 saturated heterocycles. The topological polar surface area (TPSA) is 12.0 Å². The quantitative estimate of drug-likeness (QED) is 0.774. The van der Waals surface area contributed by atoms with Gasteiger partial charge in [0.2, 0.25) is 0 Å². The lowest BCUT2D eigenvalue weighted by molar-refractivity contribution is 0.301. The second-order valence-corrected chi connectivity index (χ2v) is 6.27. The molecular weight excluding hydrogens is 254 g/mol. The van der Waals surface area contributed by atoms with Crippen molar-refractivity contribution in [1.82, 2.24) is 5.32 Å². The van der Waals surface area contributed by atoms with Gasteiger partial charge in [-0.25, -0.2) is 0 Å². The fourth-order valence-electron chi connectivity index (χ4n) is 3.22. The first-order chi connectivity index (χ1) is 9.20. The SMILES string of the molecule is CCNC(CC1CCCCC1)c1ccc(Cl)c(C)c1. The van der Waals surface area contributed by atoms with Gasteiger partial charge in [0, 0.05) is 11.1 Å². The van der Waals surface area contributed by atoms with E-state index in [-0.39, 0.29) is 0 Å². The monoisotopic (exact) mass is 279 g/mol. The van der Waals surface area contributed by atoms with Crippen molar-refractivity contribution in [2.75, 3.05) is 6.54 Å². The third-order valence-corrected chi connectivity index (χ3v) is 4.75. The highest BCUT2D eigenvalue weighted by Crippen LogP contribution is 2.32. The second-order valence-electron chi connectivity index (χ2n) is 5.86. The van der Waals surface area contributed by atoms with Gasteiger partial charge in [-0.15, -0.1) is 0 Å². The van der Waals surface area contributed by atoms with E-state index in [0.29, 0.717) is 6.04 Å². The minimum absolute atomic E-state index is 0.490. The van der Waals surface area contributed by atoms with Crippen LogP contribution in [-0.2, 0) is 0 Å². The van der Waals surface area contributed by atoms with E-state index in [0.717, 1.165) is 17.5 Å². The van der Waals surface area contributed by atoms with Crippen molar-refractivity contribution in [2.24, 2.45) is 5.92 Å². The van der Waals surface area contributed by atoms with Gasteiger partial charge in [-0.1, -0.05) is 62.8 Å². The Kier molecular flexibility index (Phi) is 5.72. The van der Waals surface area contributed by atoms with Crippen molar-refractivity contribution in [1.29, 1.82) is 0 Å². The Bertz CT molecular complexity index is 396. The van der Waals surface area contributed by atoms with Crippen molar-refractivity contribution in [3.8, 4) is 0 Å². The second kappa shape index (κ2) is 7.31. The van der Waals surface area contributed by atoms with Crippen LogP contribution in [0.4, 0.5) is 0 Å². The van der Waals surface area contributed by atoms with Gasteiger partial charge in [-0.2, -0.15) is 0 Å². The predicted molar refractivity (Wildman–Crippen MR) is 83.8 cm³/mol. The Morgan fingerprint density at radius 2 is 2.00 bits per heavy atom. The molecule has 0 radical (unpaired) electrons. The molecule has 19 heavy (non-hydrogen) atoms. The molecule has 0 aliphatic heterocycles. The Hall–Kier alpha value is -0.530. The Labute approximate surface area is 122 Å². The fourth-order valence-corrected chi connectivity index (χ4v) is 3.34. The maximum atomic E-state index is 6.13. The molecule has 2 heteroatoms. The largest absolute Gasteiger partial charge is 0.310 e. The van der Waals surface area contributed by atoms with Crippen LogP contribution >= 0.6 is 11.6 Å². The first-order valence-electron chi connectivity index (χ1n) is 7.70. The van der Waals surface area contributed by atoms with E-state index >= 15 is 0 Å². The average Bonchev–Trinajstić information content (AvgIpc) is 2.43. The molecule has 1 N–H and O–H groups in total. The smallest absolute Gasteiger partial charge is 0.0435 e. The zero-order valence-corrected chi connectivity index (χ0v) is 13.0.